The van der Waals surface area contributed by atoms with E-state index in [1.807, 2.05) is 0 Å². The summed E-state index contributed by atoms with van der Waals surface area (Å²) in [4.78, 5) is 0. The van der Waals surface area contributed by atoms with Crippen molar-refractivity contribution in [3.8, 4) is 0 Å². The molecule has 0 amide bonds. The van der Waals surface area contributed by atoms with Crippen LogP contribution in [-0.2, 0) is 14.8 Å². The molecule has 0 unspecified atom stereocenters. The summed E-state index contributed by atoms with van der Waals surface area (Å²) < 4.78 is 44.4. The monoisotopic (exact) mass is 319 g/mol. The second-order valence-electron chi connectivity index (χ2n) is 4.52. The third-order valence-corrected chi connectivity index (χ3v) is 3.67. The van der Waals surface area contributed by atoms with Crippen LogP contribution >= 0.6 is 0 Å². The summed E-state index contributed by atoms with van der Waals surface area (Å²) in [5.41, 5.74) is 5.37. The lowest BCUT2D eigenvalue weighted by Gasteiger charge is -2.13. The van der Waals surface area contributed by atoms with Crippen molar-refractivity contribution >= 4 is 21.5 Å². The molecule has 0 bridgehead atoms. The van der Waals surface area contributed by atoms with Crippen molar-refractivity contribution < 1.29 is 22.8 Å². The van der Waals surface area contributed by atoms with Gasteiger partial charge in [0.1, 0.15) is 5.82 Å². The van der Waals surface area contributed by atoms with Crippen LogP contribution in [0.4, 0.5) is 10.1 Å². The molecule has 0 saturated carbocycles. The first-order chi connectivity index (χ1) is 9.75. The fourth-order valence-corrected chi connectivity index (χ4v) is 2.41. The molecule has 1 aromatic carbocycles. The number of oxime groups is 1. The van der Waals surface area contributed by atoms with E-state index in [1.165, 1.54) is 6.07 Å². The molecule has 0 heterocycles. The molecule has 0 aliphatic carbocycles. The number of halogens is 1. The van der Waals surface area contributed by atoms with E-state index in [0.717, 1.165) is 12.1 Å². The maximum absolute atomic E-state index is 13.2. The molecule has 7 nitrogen and oxygen atoms in total. The van der Waals surface area contributed by atoms with Crippen LogP contribution in [0.2, 0.25) is 0 Å². The number of nitrogens with zero attached hydrogens (tertiary/aromatic N) is 1. The number of nitrogens with two attached hydrogens (primary N) is 1. The summed E-state index contributed by atoms with van der Waals surface area (Å²) in [6.07, 6.45) is -0.0845. The highest BCUT2D eigenvalue weighted by atomic mass is 32.2. The molecule has 118 valence electrons. The van der Waals surface area contributed by atoms with Gasteiger partial charge >= 0.3 is 0 Å². The number of amidine groups is 1. The highest BCUT2D eigenvalue weighted by molar-refractivity contribution is 7.92. The van der Waals surface area contributed by atoms with Gasteiger partial charge in [-0.15, -0.1) is 0 Å². The summed E-state index contributed by atoms with van der Waals surface area (Å²) in [6, 6.07) is 3.23. The summed E-state index contributed by atoms with van der Waals surface area (Å²) in [7, 11) is -3.70. The zero-order valence-electron chi connectivity index (χ0n) is 11.7. The Morgan fingerprint density at radius 2 is 2.19 bits per heavy atom. The Labute approximate surface area is 122 Å². The number of hydrogen-bond donors (Lipinski definition) is 3. The Bertz CT molecular complexity index is 617. The van der Waals surface area contributed by atoms with Crippen LogP contribution in [0.25, 0.3) is 0 Å². The van der Waals surface area contributed by atoms with Gasteiger partial charge in [-0.1, -0.05) is 5.16 Å². The minimum absolute atomic E-state index is 0.0209. The van der Waals surface area contributed by atoms with Crippen molar-refractivity contribution in [3.05, 3.63) is 29.6 Å². The van der Waals surface area contributed by atoms with E-state index in [4.69, 9.17) is 15.7 Å². The largest absolute Gasteiger partial charge is 0.409 e. The molecule has 0 spiro atoms. The van der Waals surface area contributed by atoms with Gasteiger partial charge in [0.15, 0.2) is 5.84 Å². The van der Waals surface area contributed by atoms with Gasteiger partial charge < -0.3 is 15.7 Å². The van der Waals surface area contributed by atoms with Crippen molar-refractivity contribution in [2.24, 2.45) is 10.9 Å². The maximum Gasteiger partial charge on any atom is 0.235 e. The molecule has 1 rings (SSSR count). The quantitative estimate of drug-likeness (QED) is 0.301. The van der Waals surface area contributed by atoms with E-state index in [1.54, 1.807) is 13.8 Å². The minimum Gasteiger partial charge on any atom is -0.409 e. The molecule has 21 heavy (non-hydrogen) atoms. The van der Waals surface area contributed by atoms with E-state index < -0.39 is 21.7 Å². The highest BCUT2D eigenvalue weighted by Crippen LogP contribution is 2.18. The number of rotatable bonds is 7. The number of nitrogens with one attached hydrogen (secondary N) is 1. The van der Waals surface area contributed by atoms with E-state index in [9.17, 15) is 12.8 Å². The van der Waals surface area contributed by atoms with Crippen molar-refractivity contribution in [2.75, 3.05) is 17.1 Å². The second-order valence-corrected chi connectivity index (χ2v) is 6.36. The third kappa shape index (κ3) is 5.56. The first-order valence-electron chi connectivity index (χ1n) is 6.14. The molecule has 4 N–H and O–H groups in total. The van der Waals surface area contributed by atoms with Crippen molar-refractivity contribution in [1.82, 2.24) is 0 Å². The Balaban J connectivity index is 2.92. The van der Waals surface area contributed by atoms with Crippen LogP contribution in [0.1, 0.15) is 19.4 Å². The molecule has 0 radical (unpaired) electrons. The second kappa shape index (κ2) is 7.23. The Morgan fingerprint density at radius 1 is 1.52 bits per heavy atom. The molecule has 1 aromatic rings. The molecular weight excluding hydrogens is 301 g/mol. The Hall–Kier alpha value is -1.87. The fourth-order valence-electron chi connectivity index (χ4n) is 1.48. The van der Waals surface area contributed by atoms with E-state index >= 15 is 0 Å². The predicted molar refractivity (Wildman–Crippen MR) is 77.4 cm³/mol. The Morgan fingerprint density at radius 3 is 2.76 bits per heavy atom. The predicted octanol–water partition coefficient (Wildman–Crippen LogP) is 1.09. The average Bonchev–Trinajstić information content (AvgIpc) is 2.39. The van der Waals surface area contributed by atoms with E-state index in [0.29, 0.717) is 0 Å². The van der Waals surface area contributed by atoms with Crippen molar-refractivity contribution in [3.63, 3.8) is 0 Å². The normalized spacial score (nSPS) is 12.7. The summed E-state index contributed by atoms with van der Waals surface area (Å²) in [6.45, 7) is 3.60. The van der Waals surface area contributed by atoms with Gasteiger partial charge in [-0.05, 0) is 32.0 Å². The zero-order chi connectivity index (χ0) is 16.0. The number of sulfonamides is 1. The molecule has 0 fully saturated rings. The Kier molecular flexibility index (Phi) is 5.91. The molecule has 0 aliphatic rings. The van der Waals surface area contributed by atoms with Gasteiger partial charge in [-0.2, -0.15) is 0 Å². The van der Waals surface area contributed by atoms with Gasteiger partial charge in [0, 0.05) is 5.56 Å². The molecule has 0 aromatic heterocycles. The average molecular weight is 319 g/mol. The smallest absolute Gasteiger partial charge is 0.235 e. The van der Waals surface area contributed by atoms with Crippen LogP contribution < -0.4 is 10.5 Å². The molecule has 9 heteroatoms. The van der Waals surface area contributed by atoms with Crippen LogP contribution in [-0.4, -0.2) is 37.9 Å². The topological polar surface area (TPSA) is 114 Å². The van der Waals surface area contributed by atoms with Gasteiger partial charge in [0.05, 0.1) is 24.2 Å². The first kappa shape index (κ1) is 17.2. The van der Waals surface area contributed by atoms with Gasteiger partial charge in [0.2, 0.25) is 10.0 Å². The third-order valence-electron chi connectivity index (χ3n) is 2.43. The van der Waals surface area contributed by atoms with Crippen molar-refractivity contribution in [1.29, 1.82) is 0 Å². The van der Waals surface area contributed by atoms with Crippen LogP contribution in [0.3, 0.4) is 0 Å². The van der Waals surface area contributed by atoms with Crippen LogP contribution in [0.15, 0.2) is 23.4 Å². The lowest BCUT2D eigenvalue weighted by molar-refractivity contribution is 0.0913. The standard InChI is InChI=1S/C12H18FN3O4S/c1-8(2)20-5-6-21(18,19)16-11-4-3-9(13)7-10(11)12(14)15-17/h3-4,7-8,16-17H,5-6H2,1-2H3,(H2,14,15). The molecule has 0 aliphatic heterocycles. The summed E-state index contributed by atoms with van der Waals surface area (Å²) >= 11 is 0. The molecule has 0 atom stereocenters. The lowest BCUT2D eigenvalue weighted by atomic mass is 10.1. The van der Waals surface area contributed by atoms with Gasteiger partial charge in [0.25, 0.3) is 0 Å². The van der Waals surface area contributed by atoms with Crippen molar-refractivity contribution in [2.45, 2.75) is 20.0 Å². The lowest BCUT2D eigenvalue weighted by Crippen LogP contribution is -2.24. The zero-order valence-corrected chi connectivity index (χ0v) is 12.5. The van der Waals surface area contributed by atoms with Crippen LogP contribution in [0.5, 0.6) is 0 Å². The van der Waals surface area contributed by atoms with Gasteiger partial charge in [-0.25, -0.2) is 12.8 Å². The summed E-state index contributed by atoms with van der Waals surface area (Å²) in [5, 5.41) is 11.4. The maximum atomic E-state index is 13.2. The summed E-state index contributed by atoms with van der Waals surface area (Å²) in [5.74, 6) is -1.30. The molecule has 0 saturated heterocycles. The number of hydrogen-bond acceptors (Lipinski definition) is 5. The number of benzene rings is 1. The van der Waals surface area contributed by atoms with Crippen LogP contribution in [0, 0.1) is 5.82 Å². The van der Waals surface area contributed by atoms with E-state index in [-0.39, 0.29) is 29.7 Å². The highest BCUT2D eigenvalue weighted by Gasteiger charge is 2.16. The fraction of sp³-hybridized carbons (Fsp3) is 0.417. The van der Waals surface area contributed by atoms with Gasteiger partial charge in [-0.3, -0.25) is 4.72 Å². The first-order valence-corrected chi connectivity index (χ1v) is 7.80. The number of anilines is 1. The van der Waals surface area contributed by atoms with E-state index in [2.05, 4.69) is 9.88 Å². The SMILES string of the molecule is CC(C)OCCS(=O)(=O)Nc1ccc(F)cc1/C(N)=N/O. The minimum atomic E-state index is -3.70. The molecular formula is C12H18FN3O4S. The number of ether oxygens (including phenoxy) is 1.